The van der Waals surface area contributed by atoms with Gasteiger partial charge in [-0.3, -0.25) is 9.59 Å². The molecule has 0 bridgehead atoms. The predicted molar refractivity (Wildman–Crippen MR) is 105 cm³/mol. The molecular weight excluding hydrogens is 359 g/mol. The van der Waals surface area contributed by atoms with Crippen LogP contribution in [0.15, 0.2) is 53.3 Å². The maximum absolute atomic E-state index is 14.1. The largest absolute Gasteiger partial charge is 0.497 e. The van der Waals surface area contributed by atoms with Crippen molar-refractivity contribution in [2.75, 3.05) is 13.7 Å². The highest BCUT2D eigenvalue weighted by Gasteiger charge is 2.52. The van der Waals surface area contributed by atoms with Crippen LogP contribution in [0.5, 0.6) is 5.75 Å². The smallest absolute Gasteiger partial charge is 0.251 e. The monoisotopic (exact) mass is 380 g/mol. The molecule has 0 unspecified atom stereocenters. The lowest BCUT2D eigenvalue weighted by Crippen LogP contribution is -2.37. The van der Waals surface area contributed by atoms with Crippen molar-refractivity contribution < 1.29 is 13.9 Å². The molecule has 2 aromatic carbocycles. The van der Waals surface area contributed by atoms with Crippen molar-refractivity contribution >= 4 is 16.8 Å². The Kier molecular flexibility index (Phi) is 4.63. The molecule has 0 spiro atoms. The standard InChI is InChI=1S/C22H21FN2O3/c1-28-16-7-6-14-12-15(20(26)25-19(14)13-16)8-11-24-21(27)22(9-10-22)17-4-2-3-5-18(17)23/h2-7,12-13H,8-11H2,1H3,(H,24,27)(H,25,26). The lowest BCUT2D eigenvalue weighted by molar-refractivity contribution is -0.123. The van der Waals surface area contributed by atoms with Crippen LogP contribution < -0.4 is 15.6 Å². The van der Waals surface area contributed by atoms with E-state index in [-0.39, 0.29) is 17.3 Å². The molecule has 0 aliphatic heterocycles. The Morgan fingerprint density at radius 1 is 1.21 bits per heavy atom. The number of aromatic amines is 1. The number of ether oxygens (including phenoxy) is 1. The molecule has 5 nitrogen and oxygen atoms in total. The van der Waals surface area contributed by atoms with Gasteiger partial charge in [0.2, 0.25) is 5.91 Å². The van der Waals surface area contributed by atoms with Gasteiger partial charge in [-0.05, 0) is 48.9 Å². The van der Waals surface area contributed by atoms with Crippen LogP contribution in [0, 0.1) is 5.82 Å². The van der Waals surface area contributed by atoms with Gasteiger partial charge in [0.15, 0.2) is 0 Å². The van der Waals surface area contributed by atoms with Crippen molar-refractivity contribution in [2.45, 2.75) is 24.7 Å². The quantitative estimate of drug-likeness (QED) is 0.690. The molecule has 28 heavy (non-hydrogen) atoms. The zero-order valence-electron chi connectivity index (χ0n) is 15.5. The van der Waals surface area contributed by atoms with Crippen molar-refractivity contribution in [2.24, 2.45) is 0 Å². The van der Waals surface area contributed by atoms with Crippen molar-refractivity contribution in [3.8, 4) is 5.75 Å². The summed E-state index contributed by atoms with van der Waals surface area (Å²) in [7, 11) is 1.57. The first-order chi connectivity index (χ1) is 13.5. The second kappa shape index (κ2) is 7.11. The fourth-order valence-corrected chi connectivity index (χ4v) is 3.61. The Balaban J connectivity index is 1.45. The van der Waals surface area contributed by atoms with E-state index in [0.717, 1.165) is 5.39 Å². The van der Waals surface area contributed by atoms with E-state index in [0.29, 0.717) is 48.2 Å². The molecule has 144 valence electrons. The summed E-state index contributed by atoms with van der Waals surface area (Å²) in [4.78, 5) is 27.8. The number of hydrogen-bond donors (Lipinski definition) is 2. The van der Waals surface area contributed by atoms with Crippen LogP contribution in [-0.4, -0.2) is 24.5 Å². The molecule has 1 amide bonds. The summed E-state index contributed by atoms with van der Waals surface area (Å²) < 4.78 is 19.3. The minimum absolute atomic E-state index is 0.181. The Labute approximate surface area is 161 Å². The van der Waals surface area contributed by atoms with E-state index >= 15 is 0 Å². The summed E-state index contributed by atoms with van der Waals surface area (Å²) in [6, 6.07) is 13.7. The van der Waals surface area contributed by atoms with E-state index in [1.54, 1.807) is 31.4 Å². The molecule has 1 heterocycles. The van der Waals surface area contributed by atoms with Gasteiger partial charge in [0.1, 0.15) is 11.6 Å². The molecule has 3 aromatic rings. The third-order valence-electron chi connectivity index (χ3n) is 5.38. The number of fused-ring (bicyclic) bond motifs is 1. The van der Waals surface area contributed by atoms with Gasteiger partial charge in [-0.25, -0.2) is 4.39 Å². The second-order valence-electron chi connectivity index (χ2n) is 7.14. The number of carbonyl (C=O) groups is 1. The zero-order chi connectivity index (χ0) is 19.7. The summed E-state index contributed by atoms with van der Waals surface area (Å²) in [5, 5.41) is 3.77. The maximum atomic E-state index is 14.1. The number of hydrogen-bond acceptors (Lipinski definition) is 3. The average Bonchev–Trinajstić information content (AvgIpc) is 3.50. The van der Waals surface area contributed by atoms with Crippen LogP contribution >= 0.6 is 0 Å². The highest BCUT2D eigenvalue weighted by molar-refractivity contribution is 5.91. The van der Waals surface area contributed by atoms with Gasteiger partial charge in [-0.15, -0.1) is 0 Å². The van der Waals surface area contributed by atoms with E-state index in [2.05, 4.69) is 10.3 Å². The number of methoxy groups -OCH3 is 1. The number of benzene rings is 2. The first-order valence-electron chi connectivity index (χ1n) is 9.27. The van der Waals surface area contributed by atoms with Crippen LogP contribution in [0.3, 0.4) is 0 Å². The van der Waals surface area contributed by atoms with E-state index in [4.69, 9.17) is 4.74 Å². The highest BCUT2D eigenvalue weighted by atomic mass is 19.1. The van der Waals surface area contributed by atoms with Gasteiger partial charge in [-0.2, -0.15) is 0 Å². The number of aromatic nitrogens is 1. The van der Waals surface area contributed by atoms with Gasteiger partial charge in [0.25, 0.3) is 5.56 Å². The maximum Gasteiger partial charge on any atom is 0.251 e. The van der Waals surface area contributed by atoms with Crippen LogP contribution in [0.1, 0.15) is 24.0 Å². The number of nitrogens with one attached hydrogen (secondary N) is 2. The Hall–Kier alpha value is -3.15. The van der Waals surface area contributed by atoms with Gasteiger partial charge >= 0.3 is 0 Å². The lowest BCUT2D eigenvalue weighted by Gasteiger charge is -2.16. The van der Waals surface area contributed by atoms with Gasteiger partial charge < -0.3 is 15.0 Å². The van der Waals surface area contributed by atoms with Crippen LogP contribution in [0.4, 0.5) is 4.39 Å². The molecule has 0 radical (unpaired) electrons. The van der Waals surface area contributed by atoms with Crippen molar-refractivity contribution in [1.29, 1.82) is 0 Å². The third kappa shape index (κ3) is 3.26. The minimum Gasteiger partial charge on any atom is -0.497 e. The Morgan fingerprint density at radius 3 is 2.71 bits per heavy atom. The summed E-state index contributed by atoms with van der Waals surface area (Å²) in [6.07, 6.45) is 1.67. The predicted octanol–water partition coefficient (Wildman–Crippen LogP) is 3.07. The molecule has 1 aromatic heterocycles. The first-order valence-corrected chi connectivity index (χ1v) is 9.27. The minimum atomic E-state index is -0.766. The number of amides is 1. The van der Waals surface area contributed by atoms with Gasteiger partial charge in [0.05, 0.1) is 18.0 Å². The van der Waals surface area contributed by atoms with Crippen LogP contribution in [0.2, 0.25) is 0 Å². The van der Waals surface area contributed by atoms with Crippen molar-refractivity contribution in [3.63, 3.8) is 0 Å². The van der Waals surface area contributed by atoms with E-state index in [1.165, 1.54) is 6.07 Å². The number of halogens is 1. The van der Waals surface area contributed by atoms with Gasteiger partial charge in [-0.1, -0.05) is 18.2 Å². The molecular formula is C22H21FN2O3. The molecule has 1 aliphatic rings. The molecule has 4 rings (SSSR count). The first kappa shape index (κ1) is 18.2. The number of pyridine rings is 1. The van der Waals surface area contributed by atoms with Crippen molar-refractivity contribution in [1.82, 2.24) is 10.3 Å². The fourth-order valence-electron chi connectivity index (χ4n) is 3.61. The van der Waals surface area contributed by atoms with E-state index in [1.807, 2.05) is 18.2 Å². The number of carbonyl (C=O) groups excluding carboxylic acids is 1. The van der Waals surface area contributed by atoms with E-state index in [9.17, 15) is 14.0 Å². The highest BCUT2D eigenvalue weighted by Crippen LogP contribution is 2.49. The topological polar surface area (TPSA) is 71.2 Å². The molecule has 0 saturated heterocycles. The molecule has 6 heteroatoms. The van der Waals surface area contributed by atoms with Crippen molar-refractivity contribution in [3.05, 3.63) is 75.8 Å². The average molecular weight is 380 g/mol. The summed E-state index contributed by atoms with van der Waals surface area (Å²) >= 11 is 0. The fraction of sp³-hybridized carbons (Fsp3) is 0.273. The van der Waals surface area contributed by atoms with Crippen LogP contribution in [0.25, 0.3) is 10.9 Å². The molecule has 2 N–H and O–H groups in total. The normalized spacial score (nSPS) is 14.6. The third-order valence-corrected chi connectivity index (χ3v) is 5.38. The SMILES string of the molecule is COc1ccc2cc(CCNC(=O)C3(c4ccccc4F)CC3)c(=O)[nH]c2c1. The Morgan fingerprint density at radius 2 is 2.00 bits per heavy atom. The molecule has 0 atom stereocenters. The van der Waals surface area contributed by atoms with E-state index < -0.39 is 5.41 Å². The summed E-state index contributed by atoms with van der Waals surface area (Å²) in [5.41, 5.74) is 0.787. The van der Waals surface area contributed by atoms with Gasteiger partial charge in [0, 0.05) is 23.7 Å². The summed E-state index contributed by atoms with van der Waals surface area (Å²) in [6.45, 7) is 0.319. The van der Waals surface area contributed by atoms with Crippen LogP contribution in [-0.2, 0) is 16.6 Å². The zero-order valence-corrected chi connectivity index (χ0v) is 15.5. The lowest BCUT2D eigenvalue weighted by atomic mass is 9.94. The number of H-pyrrole nitrogens is 1. The second-order valence-corrected chi connectivity index (χ2v) is 7.14. The molecule has 1 saturated carbocycles. The summed E-state index contributed by atoms with van der Waals surface area (Å²) in [5.74, 6) is 0.141. The Bertz CT molecular complexity index is 1100. The molecule has 1 fully saturated rings. The number of rotatable bonds is 6. The molecule has 1 aliphatic carbocycles.